The van der Waals surface area contributed by atoms with Crippen LogP contribution in [0.15, 0.2) is 24.3 Å². The summed E-state index contributed by atoms with van der Waals surface area (Å²) in [4.78, 5) is 14.7. The maximum atomic E-state index is 12.4. The van der Waals surface area contributed by atoms with Crippen molar-refractivity contribution in [2.45, 2.75) is 38.3 Å². The van der Waals surface area contributed by atoms with Crippen LogP contribution in [0.25, 0.3) is 0 Å². The normalized spacial score (nSPS) is 27.0. The largest absolute Gasteiger partial charge is 0.468 e. The number of hydrogen-bond donors (Lipinski definition) is 0. The van der Waals surface area contributed by atoms with Gasteiger partial charge in [0.2, 0.25) is 0 Å². The van der Waals surface area contributed by atoms with Crippen molar-refractivity contribution in [3.63, 3.8) is 0 Å². The molecule has 1 aromatic carbocycles. The molecule has 0 unspecified atom stereocenters. The predicted molar refractivity (Wildman–Crippen MR) is 84.6 cm³/mol. The van der Waals surface area contributed by atoms with Crippen LogP contribution in [0.3, 0.4) is 0 Å². The molecule has 3 atom stereocenters. The van der Waals surface area contributed by atoms with Crippen molar-refractivity contribution in [2.75, 3.05) is 26.8 Å². The highest BCUT2D eigenvalue weighted by atomic mass is 16.5. The third kappa shape index (κ3) is 3.03. The molecule has 0 aromatic heterocycles. The molecule has 22 heavy (non-hydrogen) atoms. The van der Waals surface area contributed by atoms with Crippen LogP contribution in [-0.2, 0) is 14.3 Å². The fourth-order valence-corrected chi connectivity index (χ4v) is 3.83. The first-order valence-corrected chi connectivity index (χ1v) is 8.19. The van der Waals surface area contributed by atoms with Crippen molar-refractivity contribution in [1.29, 1.82) is 0 Å². The van der Waals surface area contributed by atoms with Crippen molar-refractivity contribution >= 4 is 5.97 Å². The van der Waals surface area contributed by atoms with Gasteiger partial charge in [0.1, 0.15) is 6.04 Å². The molecule has 4 heteroatoms. The van der Waals surface area contributed by atoms with Crippen molar-refractivity contribution in [2.24, 2.45) is 5.92 Å². The van der Waals surface area contributed by atoms with E-state index in [0.29, 0.717) is 12.0 Å². The number of piperidine rings is 1. The molecule has 2 aliphatic heterocycles. The monoisotopic (exact) mass is 303 g/mol. The van der Waals surface area contributed by atoms with Crippen molar-refractivity contribution in [3.8, 4) is 0 Å². The number of benzene rings is 1. The topological polar surface area (TPSA) is 38.8 Å². The summed E-state index contributed by atoms with van der Waals surface area (Å²) >= 11 is 0. The number of hydrogen-bond acceptors (Lipinski definition) is 4. The van der Waals surface area contributed by atoms with Gasteiger partial charge in [-0.3, -0.25) is 4.90 Å². The quantitative estimate of drug-likeness (QED) is 0.805. The molecule has 2 heterocycles. The van der Waals surface area contributed by atoms with E-state index in [2.05, 4.69) is 17.9 Å². The molecular formula is C18H25NO3. The summed E-state index contributed by atoms with van der Waals surface area (Å²) in [6.45, 7) is 4.75. The number of methoxy groups -OCH3 is 1. The number of likely N-dealkylation sites (tertiary alicyclic amines) is 1. The van der Waals surface area contributed by atoms with Crippen LogP contribution >= 0.6 is 0 Å². The Morgan fingerprint density at radius 2 is 2.18 bits per heavy atom. The molecule has 120 valence electrons. The predicted octanol–water partition coefficient (Wildman–Crippen LogP) is 2.71. The van der Waals surface area contributed by atoms with E-state index in [1.807, 2.05) is 18.2 Å². The molecule has 0 spiro atoms. The Morgan fingerprint density at radius 1 is 1.36 bits per heavy atom. The van der Waals surface area contributed by atoms with Gasteiger partial charge in [0.15, 0.2) is 0 Å². The van der Waals surface area contributed by atoms with Gasteiger partial charge in [0.05, 0.1) is 13.2 Å². The van der Waals surface area contributed by atoms with E-state index in [1.54, 1.807) is 0 Å². The molecule has 4 nitrogen and oxygen atoms in total. The summed E-state index contributed by atoms with van der Waals surface area (Å²) in [5.74, 6) is 0.378. The summed E-state index contributed by atoms with van der Waals surface area (Å²) < 4.78 is 11.0. The first kappa shape index (κ1) is 15.5. The van der Waals surface area contributed by atoms with E-state index in [1.165, 1.54) is 13.5 Å². The Bertz CT molecular complexity index is 531. The number of ether oxygens (including phenoxy) is 2. The number of aryl methyl sites for hydroxylation is 1. The molecule has 2 fully saturated rings. The first-order chi connectivity index (χ1) is 10.7. The van der Waals surface area contributed by atoms with Crippen LogP contribution in [0.1, 0.15) is 36.4 Å². The number of esters is 1. The van der Waals surface area contributed by atoms with E-state index in [4.69, 9.17) is 9.47 Å². The molecule has 0 saturated carbocycles. The zero-order chi connectivity index (χ0) is 15.5. The van der Waals surface area contributed by atoms with Gasteiger partial charge in [0, 0.05) is 19.7 Å². The van der Waals surface area contributed by atoms with E-state index in [0.717, 1.165) is 43.7 Å². The SMILES string of the molecule is COC(=O)[C@H](c1ccccc1C)N1CC[C@@H]2OCCC[C@@H]2C1. The van der Waals surface area contributed by atoms with Gasteiger partial charge >= 0.3 is 5.97 Å². The van der Waals surface area contributed by atoms with Gasteiger partial charge in [-0.1, -0.05) is 24.3 Å². The molecule has 0 N–H and O–H groups in total. The molecule has 0 bridgehead atoms. The highest BCUT2D eigenvalue weighted by molar-refractivity contribution is 5.78. The number of rotatable bonds is 3. The smallest absolute Gasteiger partial charge is 0.327 e. The highest BCUT2D eigenvalue weighted by Crippen LogP contribution is 2.34. The molecule has 1 aromatic rings. The van der Waals surface area contributed by atoms with E-state index in [-0.39, 0.29) is 12.0 Å². The molecule has 3 rings (SSSR count). The molecule has 2 aliphatic rings. The van der Waals surface area contributed by atoms with E-state index >= 15 is 0 Å². The van der Waals surface area contributed by atoms with Crippen LogP contribution in [0.5, 0.6) is 0 Å². The molecule has 2 saturated heterocycles. The Morgan fingerprint density at radius 3 is 2.95 bits per heavy atom. The molecule has 0 aliphatic carbocycles. The number of nitrogens with zero attached hydrogens (tertiary/aromatic N) is 1. The van der Waals surface area contributed by atoms with Crippen molar-refractivity contribution in [1.82, 2.24) is 4.90 Å². The van der Waals surface area contributed by atoms with Gasteiger partial charge in [0.25, 0.3) is 0 Å². The summed E-state index contributed by atoms with van der Waals surface area (Å²) in [5.41, 5.74) is 2.20. The number of carbonyl (C=O) groups is 1. The van der Waals surface area contributed by atoms with E-state index < -0.39 is 0 Å². The third-order valence-electron chi connectivity index (χ3n) is 5.02. The van der Waals surface area contributed by atoms with Crippen LogP contribution < -0.4 is 0 Å². The van der Waals surface area contributed by atoms with Crippen molar-refractivity contribution in [3.05, 3.63) is 35.4 Å². The lowest BCUT2D eigenvalue weighted by molar-refractivity contribution is -0.150. The van der Waals surface area contributed by atoms with Gasteiger partial charge < -0.3 is 9.47 Å². The maximum absolute atomic E-state index is 12.4. The van der Waals surface area contributed by atoms with Crippen LogP contribution in [0.2, 0.25) is 0 Å². The van der Waals surface area contributed by atoms with Crippen LogP contribution in [0.4, 0.5) is 0 Å². The van der Waals surface area contributed by atoms with E-state index in [9.17, 15) is 4.79 Å². The Labute approximate surface area is 132 Å². The van der Waals surface area contributed by atoms with Gasteiger partial charge in [-0.05, 0) is 43.2 Å². The summed E-state index contributed by atoms with van der Waals surface area (Å²) in [6.07, 6.45) is 3.70. The van der Waals surface area contributed by atoms with Crippen LogP contribution in [0, 0.1) is 12.8 Å². The second-order valence-electron chi connectivity index (χ2n) is 6.38. The number of carbonyl (C=O) groups excluding carboxylic acids is 1. The van der Waals surface area contributed by atoms with Crippen LogP contribution in [-0.4, -0.2) is 43.8 Å². The zero-order valence-corrected chi connectivity index (χ0v) is 13.5. The molecular weight excluding hydrogens is 278 g/mol. The minimum absolute atomic E-state index is 0.163. The summed E-state index contributed by atoms with van der Waals surface area (Å²) in [7, 11) is 1.48. The standard InChI is InChI=1S/C18H25NO3/c1-13-6-3-4-8-15(13)17(18(20)21-2)19-10-9-16-14(12-19)7-5-11-22-16/h3-4,6,8,14,16-17H,5,7,9-12H2,1-2H3/t14-,16+,17+/m1/s1. The number of fused-ring (bicyclic) bond motifs is 1. The molecule has 0 radical (unpaired) electrons. The van der Waals surface area contributed by atoms with Gasteiger partial charge in [-0.2, -0.15) is 0 Å². The highest BCUT2D eigenvalue weighted by Gasteiger charge is 2.38. The Hall–Kier alpha value is -1.39. The Kier molecular flexibility index (Phi) is 4.79. The van der Waals surface area contributed by atoms with Crippen molar-refractivity contribution < 1.29 is 14.3 Å². The summed E-state index contributed by atoms with van der Waals surface area (Å²) in [5, 5.41) is 0. The summed E-state index contributed by atoms with van der Waals surface area (Å²) in [6, 6.07) is 7.81. The first-order valence-electron chi connectivity index (χ1n) is 8.19. The second kappa shape index (κ2) is 6.80. The fraction of sp³-hybridized carbons (Fsp3) is 0.611. The Balaban J connectivity index is 1.84. The molecule has 0 amide bonds. The zero-order valence-electron chi connectivity index (χ0n) is 13.5. The van der Waals surface area contributed by atoms with Gasteiger partial charge in [-0.15, -0.1) is 0 Å². The lowest BCUT2D eigenvalue weighted by Gasteiger charge is -2.43. The average molecular weight is 303 g/mol. The fourth-order valence-electron chi connectivity index (χ4n) is 3.83. The third-order valence-corrected chi connectivity index (χ3v) is 5.02. The average Bonchev–Trinajstić information content (AvgIpc) is 2.56. The van der Waals surface area contributed by atoms with Gasteiger partial charge in [-0.25, -0.2) is 4.79 Å². The minimum Gasteiger partial charge on any atom is -0.468 e. The minimum atomic E-state index is -0.297. The second-order valence-corrected chi connectivity index (χ2v) is 6.38. The lowest BCUT2D eigenvalue weighted by atomic mass is 9.86. The lowest BCUT2D eigenvalue weighted by Crippen LogP contribution is -2.49. The maximum Gasteiger partial charge on any atom is 0.327 e.